The van der Waals surface area contributed by atoms with Crippen LogP contribution in [0.2, 0.25) is 0 Å². The lowest BCUT2D eigenvalue weighted by atomic mass is 10.1. The van der Waals surface area contributed by atoms with E-state index < -0.39 is 44.0 Å². The van der Waals surface area contributed by atoms with Crippen LogP contribution in [0.3, 0.4) is 0 Å². The third-order valence-corrected chi connectivity index (χ3v) is 10.6. The first-order chi connectivity index (χ1) is 21.2. The summed E-state index contributed by atoms with van der Waals surface area (Å²) < 4.78 is 56.8. The monoisotopic (exact) mass is 657 g/mol. The number of nitrogens with zero attached hydrogens (tertiary/aromatic N) is 1. The summed E-state index contributed by atoms with van der Waals surface area (Å²) in [6.07, 6.45) is 0.836. The highest BCUT2D eigenvalue weighted by molar-refractivity contribution is 7.89. The van der Waals surface area contributed by atoms with Crippen molar-refractivity contribution in [2.45, 2.75) is 75.3 Å². The number of rotatable bonds is 17. The molecule has 0 aliphatic rings. The highest BCUT2D eigenvalue weighted by Gasteiger charge is 2.36. The molecular weight excluding hydrogens is 615 g/mol. The van der Waals surface area contributed by atoms with E-state index in [-0.39, 0.29) is 41.6 Å². The third kappa shape index (κ3) is 10.5. The lowest BCUT2D eigenvalue weighted by Gasteiger charge is -2.29. The molecule has 3 N–H and O–H groups in total. The van der Waals surface area contributed by atoms with Crippen molar-refractivity contribution in [2.24, 2.45) is 5.92 Å². The maximum absolute atomic E-state index is 13.5. The predicted molar refractivity (Wildman–Crippen MR) is 174 cm³/mol. The number of carbonyl (C=O) groups excluding carboxylic acids is 1. The summed E-state index contributed by atoms with van der Waals surface area (Å²) in [4.78, 5) is 25.6. The van der Waals surface area contributed by atoms with Gasteiger partial charge < -0.3 is 10.4 Å². The number of sulfonamides is 2. The van der Waals surface area contributed by atoms with E-state index in [1.54, 1.807) is 48.5 Å². The van der Waals surface area contributed by atoms with Gasteiger partial charge in [0, 0.05) is 13.1 Å². The Labute approximate surface area is 267 Å². The second-order valence-electron chi connectivity index (χ2n) is 11.6. The molecule has 0 saturated carbocycles. The first-order valence-corrected chi connectivity index (χ1v) is 17.8. The fraction of sp³-hybridized carbons (Fsp3) is 0.394. The molecular formula is C33H43N3O7S2. The molecule has 0 aliphatic carbocycles. The average Bonchev–Trinajstić information content (AvgIpc) is 2.98. The second-order valence-corrected chi connectivity index (χ2v) is 15.2. The molecule has 0 aromatic heterocycles. The minimum Gasteiger partial charge on any atom is -0.480 e. The van der Waals surface area contributed by atoms with E-state index in [0.717, 1.165) is 21.0 Å². The van der Waals surface area contributed by atoms with Crippen LogP contribution in [-0.2, 0) is 36.1 Å². The van der Waals surface area contributed by atoms with Crippen LogP contribution in [0, 0.1) is 19.8 Å². The van der Waals surface area contributed by atoms with Gasteiger partial charge in [0.2, 0.25) is 26.0 Å². The van der Waals surface area contributed by atoms with Crippen molar-refractivity contribution >= 4 is 31.9 Å². The molecule has 2 atom stereocenters. The average molecular weight is 658 g/mol. The number of amides is 1. The SMILES string of the molecule is Cc1ccc(S(=O)(=O)N[C@@H](Cc2ccccc2)C(=O)NCCCC[C@H](C(=O)O)N(CC(C)C)S(=O)(=O)c2ccc(C)cc2)cc1. The lowest BCUT2D eigenvalue weighted by Crippen LogP contribution is -2.48. The molecule has 3 rings (SSSR count). The Bertz CT molecular complexity index is 1630. The largest absolute Gasteiger partial charge is 0.480 e. The predicted octanol–water partition coefficient (Wildman–Crippen LogP) is 4.28. The van der Waals surface area contributed by atoms with Gasteiger partial charge in [-0.15, -0.1) is 0 Å². The van der Waals surface area contributed by atoms with Gasteiger partial charge in [0.05, 0.1) is 9.79 Å². The second kappa shape index (κ2) is 16.1. The highest BCUT2D eigenvalue weighted by atomic mass is 32.2. The zero-order valence-electron chi connectivity index (χ0n) is 26.1. The number of aryl methyl sites for hydroxylation is 2. The number of carboxylic acid groups (broad SMARTS) is 1. The van der Waals surface area contributed by atoms with Gasteiger partial charge in [0.25, 0.3) is 0 Å². The molecule has 0 aliphatic heterocycles. The van der Waals surface area contributed by atoms with Crippen LogP contribution in [0.5, 0.6) is 0 Å². The van der Waals surface area contributed by atoms with Crippen LogP contribution in [0.15, 0.2) is 88.7 Å². The van der Waals surface area contributed by atoms with Crippen LogP contribution < -0.4 is 10.0 Å². The number of carboxylic acids is 1. The van der Waals surface area contributed by atoms with Gasteiger partial charge in [0.15, 0.2) is 0 Å². The van der Waals surface area contributed by atoms with Crippen molar-refractivity contribution in [3.05, 3.63) is 95.6 Å². The maximum atomic E-state index is 13.5. The van der Waals surface area contributed by atoms with Crippen molar-refractivity contribution in [1.29, 1.82) is 0 Å². The fourth-order valence-corrected chi connectivity index (χ4v) is 7.77. The van der Waals surface area contributed by atoms with Crippen LogP contribution in [0.1, 0.15) is 49.8 Å². The van der Waals surface area contributed by atoms with E-state index >= 15 is 0 Å². The summed E-state index contributed by atoms with van der Waals surface area (Å²) in [5.74, 6) is -1.88. The zero-order chi connectivity index (χ0) is 33.2. The molecule has 3 aromatic rings. The van der Waals surface area contributed by atoms with Crippen LogP contribution in [0.25, 0.3) is 0 Å². The summed E-state index contributed by atoms with van der Waals surface area (Å²) >= 11 is 0. The van der Waals surface area contributed by atoms with Gasteiger partial charge in [-0.3, -0.25) is 9.59 Å². The third-order valence-electron chi connectivity index (χ3n) is 7.24. The zero-order valence-corrected chi connectivity index (χ0v) is 27.8. The Morgan fingerprint density at radius 3 is 1.89 bits per heavy atom. The smallest absolute Gasteiger partial charge is 0.322 e. The van der Waals surface area contributed by atoms with Crippen LogP contribution >= 0.6 is 0 Å². The molecule has 3 aromatic carbocycles. The quantitative estimate of drug-likeness (QED) is 0.184. The van der Waals surface area contributed by atoms with Crippen molar-refractivity contribution in [1.82, 2.24) is 14.3 Å². The molecule has 0 heterocycles. The van der Waals surface area contributed by atoms with Gasteiger partial charge >= 0.3 is 5.97 Å². The van der Waals surface area contributed by atoms with E-state index in [4.69, 9.17) is 0 Å². The number of benzene rings is 3. The van der Waals surface area contributed by atoms with Gasteiger partial charge in [-0.2, -0.15) is 9.03 Å². The van der Waals surface area contributed by atoms with E-state index in [9.17, 15) is 31.5 Å². The maximum Gasteiger partial charge on any atom is 0.322 e. The summed E-state index contributed by atoms with van der Waals surface area (Å²) in [6, 6.07) is 19.3. The number of hydrogen-bond acceptors (Lipinski definition) is 6. The Balaban J connectivity index is 1.67. The van der Waals surface area contributed by atoms with Gasteiger partial charge in [-0.25, -0.2) is 16.8 Å². The summed E-state index contributed by atoms with van der Waals surface area (Å²) in [6.45, 7) is 7.52. The van der Waals surface area contributed by atoms with Crippen molar-refractivity contribution in [3.8, 4) is 0 Å². The number of carbonyl (C=O) groups is 2. The van der Waals surface area contributed by atoms with E-state index in [2.05, 4.69) is 10.0 Å². The van der Waals surface area contributed by atoms with Crippen molar-refractivity contribution < 1.29 is 31.5 Å². The molecule has 0 saturated heterocycles. The van der Waals surface area contributed by atoms with E-state index in [1.165, 1.54) is 24.3 Å². The summed E-state index contributed by atoms with van der Waals surface area (Å²) in [5.41, 5.74) is 2.56. The van der Waals surface area contributed by atoms with Crippen molar-refractivity contribution in [2.75, 3.05) is 13.1 Å². The Morgan fingerprint density at radius 2 is 1.36 bits per heavy atom. The molecule has 0 radical (unpaired) electrons. The number of aliphatic carboxylic acids is 1. The Kier molecular flexibility index (Phi) is 12.9. The number of unbranched alkanes of at least 4 members (excludes halogenated alkanes) is 1. The topological polar surface area (TPSA) is 150 Å². The first-order valence-electron chi connectivity index (χ1n) is 14.9. The summed E-state index contributed by atoms with van der Waals surface area (Å²) in [5, 5.41) is 12.8. The van der Waals surface area contributed by atoms with Gasteiger partial charge in [-0.05, 0) is 75.3 Å². The van der Waals surface area contributed by atoms with E-state index in [0.29, 0.717) is 12.8 Å². The minimum absolute atomic E-state index is 0.0322. The molecule has 0 fully saturated rings. The van der Waals surface area contributed by atoms with E-state index in [1.807, 2.05) is 33.8 Å². The number of hydrogen-bond donors (Lipinski definition) is 3. The van der Waals surface area contributed by atoms with Crippen LogP contribution in [-0.4, -0.2) is 63.3 Å². The molecule has 244 valence electrons. The summed E-state index contributed by atoms with van der Waals surface area (Å²) in [7, 11) is -8.07. The fourth-order valence-electron chi connectivity index (χ4n) is 4.80. The molecule has 0 unspecified atom stereocenters. The Hall–Kier alpha value is -3.58. The minimum atomic E-state index is -4.08. The van der Waals surface area contributed by atoms with Crippen molar-refractivity contribution in [3.63, 3.8) is 0 Å². The molecule has 0 bridgehead atoms. The van der Waals surface area contributed by atoms with Gasteiger partial charge in [-0.1, -0.05) is 79.6 Å². The highest BCUT2D eigenvalue weighted by Crippen LogP contribution is 2.23. The standard InChI is InChI=1S/C33H43N3O7S2/c1-24(2)23-36(45(42,43)29-19-15-26(4)16-20-29)31(33(38)39)12-8-9-21-34-32(37)30(22-27-10-6-5-7-11-27)35-44(40,41)28-17-13-25(3)14-18-28/h5-7,10-11,13-20,24,30-31,35H,8-9,12,21-23H2,1-4H3,(H,34,37)(H,38,39)/t30-,31+/m0/s1. The molecule has 0 spiro atoms. The van der Waals surface area contributed by atoms with Gasteiger partial charge in [0.1, 0.15) is 12.1 Å². The Morgan fingerprint density at radius 1 is 0.800 bits per heavy atom. The first kappa shape index (κ1) is 35.9. The number of nitrogens with one attached hydrogen (secondary N) is 2. The molecule has 10 nitrogen and oxygen atoms in total. The molecule has 45 heavy (non-hydrogen) atoms. The van der Waals surface area contributed by atoms with Crippen LogP contribution in [0.4, 0.5) is 0 Å². The molecule has 12 heteroatoms. The molecule has 1 amide bonds. The normalized spacial score (nSPS) is 13.5. The lowest BCUT2D eigenvalue weighted by molar-refractivity contribution is -0.142.